The lowest BCUT2D eigenvalue weighted by Gasteiger charge is -2.21. The Morgan fingerprint density at radius 2 is 1.88 bits per heavy atom. The molecule has 162 valence electrons. The van der Waals surface area contributed by atoms with Gasteiger partial charge in [-0.15, -0.1) is 0 Å². The van der Waals surface area contributed by atoms with E-state index in [1.165, 1.54) is 5.56 Å². The lowest BCUT2D eigenvalue weighted by Crippen LogP contribution is -2.89. The Hall–Kier alpha value is -3.32. The Morgan fingerprint density at radius 1 is 1.03 bits per heavy atom. The summed E-state index contributed by atoms with van der Waals surface area (Å²) in [6.07, 6.45) is 1.84. The highest BCUT2D eigenvalue weighted by atomic mass is 16.5. The first-order valence-electron chi connectivity index (χ1n) is 11.1. The van der Waals surface area contributed by atoms with Crippen molar-refractivity contribution < 1.29 is 20.5 Å². The van der Waals surface area contributed by atoms with Crippen LogP contribution in [0.25, 0.3) is 33.3 Å². The predicted molar refractivity (Wildman–Crippen MR) is 124 cm³/mol. The van der Waals surface area contributed by atoms with Crippen molar-refractivity contribution in [1.29, 1.82) is 0 Å². The fraction of sp³-hybridized carbons (Fsp3) is 0.231. The second-order valence-electron chi connectivity index (χ2n) is 8.00. The summed E-state index contributed by atoms with van der Waals surface area (Å²) < 4.78 is 11.9. The summed E-state index contributed by atoms with van der Waals surface area (Å²) in [5.41, 5.74) is 10.2. The molecule has 0 amide bonds. The summed E-state index contributed by atoms with van der Waals surface area (Å²) >= 11 is 0. The van der Waals surface area contributed by atoms with Crippen molar-refractivity contribution in [3.8, 4) is 28.3 Å². The average molecular weight is 429 g/mol. The molecule has 6 nitrogen and oxygen atoms in total. The van der Waals surface area contributed by atoms with Crippen LogP contribution in [0.15, 0.2) is 72.9 Å². The van der Waals surface area contributed by atoms with E-state index in [0.717, 1.165) is 59.5 Å². The van der Waals surface area contributed by atoms with Gasteiger partial charge in [0.15, 0.2) is 0 Å². The second kappa shape index (κ2) is 9.44. The molecule has 3 heterocycles. The standard InChI is InChI=1S/C26H26N4O2/c27-15-18-6-8-20(9-7-18)25-22(19-4-2-1-3-5-19)14-23-24(30-25)10-11-29-26(23)32-17-21-16-28-12-13-31-21/h1-11,14,21,28H,12-13,15-17,27H2/p+2. The van der Waals surface area contributed by atoms with E-state index in [-0.39, 0.29) is 6.10 Å². The first-order chi connectivity index (χ1) is 15.8. The van der Waals surface area contributed by atoms with Crippen LogP contribution < -0.4 is 15.8 Å². The molecule has 0 bridgehead atoms. The summed E-state index contributed by atoms with van der Waals surface area (Å²) in [6, 6.07) is 22.9. The van der Waals surface area contributed by atoms with Gasteiger partial charge in [-0.2, -0.15) is 0 Å². The van der Waals surface area contributed by atoms with Crippen molar-refractivity contribution in [2.75, 3.05) is 26.3 Å². The maximum atomic E-state index is 6.12. The predicted octanol–water partition coefficient (Wildman–Crippen LogP) is 2.05. The molecule has 1 atom stereocenters. The van der Waals surface area contributed by atoms with Crippen LogP contribution in [0, 0.1) is 0 Å². The summed E-state index contributed by atoms with van der Waals surface area (Å²) in [7, 11) is 0. The third-order valence-electron chi connectivity index (χ3n) is 5.82. The minimum atomic E-state index is 0.0770. The molecule has 1 aliphatic rings. The molecular formula is C26H28N4O2+2. The third-order valence-corrected chi connectivity index (χ3v) is 5.82. The van der Waals surface area contributed by atoms with E-state index in [1.807, 2.05) is 24.3 Å². The second-order valence-corrected chi connectivity index (χ2v) is 8.00. The van der Waals surface area contributed by atoms with E-state index >= 15 is 0 Å². The van der Waals surface area contributed by atoms with Gasteiger partial charge in [0.25, 0.3) is 0 Å². The molecule has 1 fully saturated rings. The topological polar surface area (TPSA) is 88.5 Å². The highest BCUT2D eigenvalue weighted by Gasteiger charge is 2.19. The summed E-state index contributed by atoms with van der Waals surface area (Å²) in [5, 5.41) is 3.17. The van der Waals surface area contributed by atoms with Crippen LogP contribution in [0.1, 0.15) is 5.56 Å². The Kier molecular flexibility index (Phi) is 6.07. The quantitative estimate of drug-likeness (QED) is 0.492. The van der Waals surface area contributed by atoms with Gasteiger partial charge in [-0.1, -0.05) is 54.6 Å². The number of benzene rings is 2. The molecule has 0 aliphatic carbocycles. The van der Waals surface area contributed by atoms with Crippen LogP contribution in [0.4, 0.5) is 0 Å². The maximum Gasteiger partial charge on any atom is 0.223 e. The van der Waals surface area contributed by atoms with Crippen LogP contribution in [-0.4, -0.2) is 42.4 Å². The Morgan fingerprint density at radius 3 is 2.62 bits per heavy atom. The molecule has 6 heteroatoms. The van der Waals surface area contributed by atoms with Gasteiger partial charge in [0, 0.05) is 22.9 Å². The van der Waals surface area contributed by atoms with Crippen molar-refractivity contribution >= 4 is 10.9 Å². The molecule has 5 N–H and O–H groups in total. The zero-order valence-electron chi connectivity index (χ0n) is 18.0. The van der Waals surface area contributed by atoms with Crippen molar-refractivity contribution in [2.24, 2.45) is 0 Å². The first kappa shape index (κ1) is 20.6. The lowest BCUT2D eigenvalue weighted by molar-refractivity contribution is -0.677. The van der Waals surface area contributed by atoms with Crippen LogP contribution in [0.2, 0.25) is 0 Å². The van der Waals surface area contributed by atoms with Gasteiger partial charge >= 0.3 is 0 Å². The van der Waals surface area contributed by atoms with Gasteiger partial charge in [-0.25, -0.2) is 9.97 Å². The minimum absolute atomic E-state index is 0.0770. The number of quaternary nitrogens is 2. The number of morpholine rings is 1. The van der Waals surface area contributed by atoms with Gasteiger partial charge in [0.05, 0.1) is 36.3 Å². The maximum absolute atomic E-state index is 6.12. The van der Waals surface area contributed by atoms with Crippen molar-refractivity contribution in [3.63, 3.8) is 0 Å². The number of nitrogens with two attached hydrogens (primary N) is 1. The third kappa shape index (κ3) is 4.34. The highest BCUT2D eigenvalue weighted by molar-refractivity contribution is 5.93. The molecule has 2 aromatic heterocycles. The number of nitrogens with zero attached hydrogens (tertiary/aromatic N) is 2. The molecule has 0 saturated carbocycles. The van der Waals surface area contributed by atoms with Crippen LogP contribution in [0.5, 0.6) is 5.88 Å². The van der Waals surface area contributed by atoms with Gasteiger partial charge in [-0.05, 0) is 17.7 Å². The summed E-state index contributed by atoms with van der Waals surface area (Å²) in [5.74, 6) is 0.598. The summed E-state index contributed by atoms with van der Waals surface area (Å²) in [6.45, 7) is 3.92. The van der Waals surface area contributed by atoms with Gasteiger partial charge in [0.1, 0.15) is 19.3 Å². The van der Waals surface area contributed by atoms with E-state index in [1.54, 1.807) is 6.20 Å². The van der Waals surface area contributed by atoms with E-state index in [2.05, 4.69) is 58.5 Å². The van der Waals surface area contributed by atoms with E-state index in [0.29, 0.717) is 12.5 Å². The SMILES string of the molecule is [NH3+]Cc1ccc(-c2nc3ccnc(OCC4C[NH2+]CCO4)c3cc2-c2ccccc2)cc1. The number of rotatable bonds is 6. The van der Waals surface area contributed by atoms with Gasteiger partial charge in [-0.3, -0.25) is 0 Å². The van der Waals surface area contributed by atoms with Crippen molar-refractivity contribution in [1.82, 2.24) is 9.97 Å². The zero-order chi connectivity index (χ0) is 21.8. The van der Waals surface area contributed by atoms with Gasteiger partial charge < -0.3 is 20.5 Å². The fourth-order valence-electron chi connectivity index (χ4n) is 4.05. The molecular weight excluding hydrogens is 400 g/mol. The molecule has 1 unspecified atom stereocenters. The largest absolute Gasteiger partial charge is 0.474 e. The normalized spacial score (nSPS) is 16.2. The van der Waals surface area contributed by atoms with Crippen molar-refractivity contribution in [2.45, 2.75) is 12.6 Å². The Balaban J connectivity index is 1.58. The molecule has 5 rings (SSSR count). The average Bonchev–Trinajstić information content (AvgIpc) is 2.88. The number of ether oxygens (including phenoxy) is 2. The number of hydrogen-bond acceptors (Lipinski definition) is 4. The van der Waals surface area contributed by atoms with E-state index in [4.69, 9.17) is 14.5 Å². The number of hydrogen-bond donors (Lipinski definition) is 2. The van der Waals surface area contributed by atoms with Gasteiger partial charge in [0.2, 0.25) is 5.88 Å². The Labute approximate surface area is 187 Å². The first-order valence-corrected chi connectivity index (χ1v) is 11.1. The number of pyridine rings is 2. The molecule has 0 radical (unpaired) electrons. The molecule has 32 heavy (non-hydrogen) atoms. The molecule has 0 spiro atoms. The fourth-order valence-corrected chi connectivity index (χ4v) is 4.05. The highest BCUT2D eigenvalue weighted by Crippen LogP contribution is 2.35. The van der Waals surface area contributed by atoms with Crippen LogP contribution >= 0.6 is 0 Å². The smallest absolute Gasteiger partial charge is 0.223 e. The van der Waals surface area contributed by atoms with Crippen LogP contribution in [-0.2, 0) is 11.3 Å². The minimum Gasteiger partial charge on any atom is -0.474 e. The Bertz CT molecular complexity index is 1190. The monoisotopic (exact) mass is 428 g/mol. The molecule has 1 aliphatic heterocycles. The molecule has 1 saturated heterocycles. The van der Waals surface area contributed by atoms with Crippen molar-refractivity contribution in [3.05, 3.63) is 78.5 Å². The lowest BCUT2D eigenvalue weighted by atomic mass is 9.97. The van der Waals surface area contributed by atoms with E-state index < -0.39 is 0 Å². The zero-order valence-corrected chi connectivity index (χ0v) is 18.0. The molecule has 4 aromatic rings. The van der Waals surface area contributed by atoms with E-state index in [9.17, 15) is 0 Å². The number of fused-ring (bicyclic) bond motifs is 1. The van der Waals surface area contributed by atoms with Crippen LogP contribution in [0.3, 0.4) is 0 Å². The number of aromatic nitrogens is 2. The summed E-state index contributed by atoms with van der Waals surface area (Å²) in [4.78, 5) is 9.58. The molecule has 2 aromatic carbocycles.